The molecular formula is C18H33F3N2O5S2. The number of halogens is 3. The maximum absolute atomic E-state index is 11.9. The van der Waals surface area contributed by atoms with Gasteiger partial charge in [-0.1, -0.05) is 28.5 Å². The molecule has 0 fully saturated rings. The predicted octanol–water partition coefficient (Wildman–Crippen LogP) is 3.14. The summed E-state index contributed by atoms with van der Waals surface area (Å²) in [5, 5.41) is 4.48. The van der Waals surface area contributed by atoms with Crippen molar-refractivity contribution in [3.8, 4) is 0 Å². The van der Waals surface area contributed by atoms with Gasteiger partial charge in [0.1, 0.15) is 5.94 Å². The standard InChI is InChI=1S/C18H33F3N2O5S2/c1-4-9-28-14-29-30-17(2,3)6-5-15(24)22-7-10-26-12-13-27-11-8-23-16(25)18(19,20)21/h4-14H2,1-3H3,(H,22,24)(H,23,25). The average Bonchev–Trinajstić information content (AvgIpc) is 2.66. The molecule has 0 aliphatic heterocycles. The molecule has 0 saturated carbocycles. The fourth-order valence-electron chi connectivity index (χ4n) is 1.89. The summed E-state index contributed by atoms with van der Waals surface area (Å²) in [7, 11) is 3.36. The second kappa shape index (κ2) is 16.9. The summed E-state index contributed by atoms with van der Waals surface area (Å²) in [6.07, 6.45) is -2.73. The lowest BCUT2D eigenvalue weighted by molar-refractivity contribution is -0.173. The molecule has 0 atom stereocenters. The van der Waals surface area contributed by atoms with Crippen molar-refractivity contribution in [2.75, 3.05) is 52.1 Å². The van der Waals surface area contributed by atoms with Crippen LogP contribution in [0.15, 0.2) is 0 Å². The summed E-state index contributed by atoms with van der Waals surface area (Å²) in [5.41, 5.74) is 0. The van der Waals surface area contributed by atoms with E-state index in [0.29, 0.717) is 25.5 Å². The van der Waals surface area contributed by atoms with Crippen LogP contribution in [0.4, 0.5) is 13.2 Å². The lowest BCUT2D eigenvalue weighted by atomic mass is 10.1. The lowest BCUT2D eigenvalue weighted by Gasteiger charge is -2.22. The molecule has 0 saturated heterocycles. The van der Waals surface area contributed by atoms with Crippen LogP contribution in [0.3, 0.4) is 0 Å². The first kappa shape index (κ1) is 29.3. The van der Waals surface area contributed by atoms with Crippen LogP contribution in [0.2, 0.25) is 0 Å². The van der Waals surface area contributed by atoms with E-state index in [1.54, 1.807) is 26.9 Å². The van der Waals surface area contributed by atoms with E-state index in [9.17, 15) is 22.8 Å². The summed E-state index contributed by atoms with van der Waals surface area (Å²) in [6, 6.07) is 0. The van der Waals surface area contributed by atoms with Gasteiger partial charge in [-0.15, -0.1) is 0 Å². The number of carbonyl (C=O) groups is 2. The third kappa shape index (κ3) is 18.1. The van der Waals surface area contributed by atoms with Crippen molar-refractivity contribution in [3.05, 3.63) is 0 Å². The van der Waals surface area contributed by atoms with E-state index in [-0.39, 0.29) is 37.0 Å². The molecule has 0 spiro atoms. The first-order chi connectivity index (χ1) is 14.1. The van der Waals surface area contributed by atoms with Crippen LogP contribution in [-0.4, -0.2) is 74.8 Å². The molecule has 0 bridgehead atoms. The van der Waals surface area contributed by atoms with Gasteiger partial charge in [0, 0.05) is 30.9 Å². The molecule has 12 heteroatoms. The summed E-state index contributed by atoms with van der Waals surface area (Å²) in [4.78, 5) is 22.4. The number of nitrogens with one attached hydrogen (secondary N) is 2. The highest BCUT2D eigenvalue weighted by molar-refractivity contribution is 8.77. The Labute approximate surface area is 184 Å². The first-order valence-corrected chi connectivity index (χ1v) is 12.1. The van der Waals surface area contributed by atoms with E-state index >= 15 is 0 Å². The highest BCUT2D eigenvalue weighted by Crippen LogP contribution is 2.38. The van der Waals surface area contributed by atoms with E-state index in [0.717, 1.165) is 19.4 Å². The summed E-state index contributed by atoms with van der Waals surface area (Å²) in [5.74, 6) is -1.40. The second-order valence-electron chi connectivity index (χ2n) is 6.82. The SMILES string of the molecule is CCCOCSSC(C)(C)CCC(=O)NCCOCCOCCNC(=O)C(F)(F)F. The minimum atomic E-state index is -4.88. The number of alkyl halides is 3. The molecular weight excluding hydrogens is 445 g/mol. The molecule has 0 radical (unpaired) electrons. The van der Waals surface area contributed by atoms with Gasteiger partial charge in [0.05, 0.1) is 26.4 Å². The number of hydrogen-bond donors (Lipinski definition) is 2. The minimum Gasteiger partial charge on any atom is -0.377 e. The third-order valence-electron chi connectivity index (χ3n) is 3.45. The van der Waals surface area contributed by atoms with Crippen molar-refractivity contribution < 1.29 is 37.0 Å². The molecule has 0 rings (SSSR count). The van der Waals surface area contributed by atoms with Crippen molar-refractivity contribution in [1.82, 2.24) is 10.6 Å². The van der Waals surface area contributed by atoms with E-state index < -0.39 is 12.1 Å². The zero-order valence-corrected chi connectivity index (χ0v) is 19.4. The summed E-state index contributed by atoms with van der Waals surface area (Å²) in [6.45, 7) is 7.83. The zero-order valence-electron chi connectivity index (χ0n) is 17.8. The van der Waals surface area contributed by atoms with Crippen molar-refractivity contribution >= 4 is 33.4 Å². The zero-order chi connectivity index (χ0) is 22.9. The number of carbonyl (C=O) groups excluding carboxylic acids is 2. The van der Waals surface area contributed by atoms with Crippen LogP contribution in [0.1, 0.15) is 40.0 Å². The van der Waals surface area contributed by atoms with Crippen LogP contribution in [0, 0.1) is 0 Å². The van der Waals surface area contributed by atoms with E-state index in [2.05, 4.69) is 26.1 Å². The molecule has 0 aromatic heterocycles. The monoisotopic (exact) mass is 478 g/mol. The molecule has 178 valence electrons. The Balaban J connectivity index is 3.53. The van der Waals surface area contributed by atoms with Crippen molar-refractivity contribution in [3.63, 3.8) is 0 Å². The summed E-state index contributed by atoms with van der Waals surface area (Å²) >= 11 is 0. The molecule has 7 nitrogen and oxygen atoms in total. The van der Waals surface area contributed by atoms with Gasteiger partial charge < -0.3 is 24.8 Å². The van der Waals surface area contributed by atoms with Crippen molar-refractivity contribution in [2.24, 2.45) is 0 Å². The Kier molecular flexibility index (Phi) is 16.5. The fourth-order valence-corrected chi connectivity index (χ4v) is 4.18. The quantitative estimate of drug-likeness (QED) is 0.178. The van der Waals surface area contributed by atoms with Gasteiger partial charge in [-0.25, -0.2) is 0 Å². The minimum absolute atomic E-state index is 0.0367. The van der Waals surface area contributed by atoms with Crippen molar-refractivity contribution in [2.45, 2.75) is 51.0 Å². The maximum atomic E-state index is 11.9. The van der Waals surface area contributed by atoms with Gasteiger partial charge >= 0.3 is 12.1 Å². The van der Waals surface area contributed by atoms with Crippen LogP contribution < -0.4 is 10.6 Å². The van der Waals surface area contributed by atoms with E-state index in [1.807, 2.05) is 0 Å². The fraction of sp³-hybridized carbons (Fsp3) is 0.889. The van der Waals surface area contributed by atoms with Gasteiger partial charge in [-0.05, 0) is 26.7 Å². The average molecular weight is 479 g/mol. The molecule has 0 unspecified atom stereocenters. The van der Waals surface area contributed by atoms with Gasteiger partial charge in [-0.2, -0.15) is 13.2 Å². The molecule has 0 aliphatic carbocycles. The Morgan fingerprint density at radius 1 is 0.900 bits per heavy atom. The van der Waals surface area contributed by atoms with Gasteiger partial charge in [0.15, 0.2) is 0 Å². The van der Waals surface area contributed by atoms with Crippen LogP contribution in [-0.2, 0) is 23.8 Å². The molecule has 30 heavy (non-hydrogen) atoms. The molecule has 2 N–H and O–H groups in total. The third-order valence-corrected chi connectivity index (χ3v) is 6.48. The molecule has 0 aromatic rings. The highest BCUT2D eigenvalue weighted by atomic mass is 33.1. The normalized spacial score (nSPS) is 12.1. The Hall–Kier alpha value is -0.690. The molecule has 0 heterocycles. The predicted molar refractivity (Wildman–Crippen MR) is 113 cm³/mol. The summed E-state index contributed by atoms with van der Waals surface area (Å²) < 4.78 is 51.5. The second-order valence-corrected chi connectivity index (χ2v) is 9.77. The first-order valence-electron chi connectivity index (χ1n) is 9.74. The Morgan fingerprint density at radius 3 is 2.07 bits per heavy atom. The van der Waals surface area contributed by atoms with Crippen LogP contribution >= 0.6 is 21.6 Å². The lowest BCUT2D eigenvalue weighted by Crippen LogP contribution is -2.38. The van der Waals surface area contributed by atoms with Gasteiger partial charge in [0.2, 0.25) is 5.91 Å². The molecule has 0 aliphatic rings. The van der Waals surface area contributed by atoms with Crippen LogP contribution in [0.5, 0.6) is 0 Å². The molecule has 2 amide bonds. The van der Waals surface area contributed by atoms with Crippen molar-refractivity contribution in [1.29, 1.82) is 0 Å². The van der Waals surface area contributed by atoms with Gasteiger partial charge in [-0.3, -0.25) is 9.59 Å². The van der Waals surface area contributed by atoms with E-state index in [1.165, 1.54) is 0 Å². The maximum Gasteiger partial charge on any atom is 0.471 e. The molecule has 0 aromatic carbocycles. The smallest absolute Gasteiger partial charge is 0.377 e. The number of amides is 2. The Bertz CT molecular complexity index is 483. The van der Waals surface area contributed by atoms with Gasteiger partial charge in [0.25, 0.3) is 0 Å². The number of ether oxygens (including phenoxy) is 3. The highest BCUT2D eigenvalue weighted by Gasteiger charge is 2.38. The number of hydrogen-bond acceptors (Lipinski definition) is 7. The van der Waals surface area contributed by atoms with Crippen LogP contribution in [0.25, 0.3) is 0 Å². The Morgan fingerprint density at radius 2 is 1.50 bits per heavy atom. The largest absolute Gasteiger partial charge is 0.471 e. The van der Waals surface area contributed by atoms with E-state index in [4.69, 9.17) is 14.2 Å². The number of rotatable bonds is 18. The topological polar surface area (TPSA) is 85.9 Å².